The van der Waals surface area contributed by atoms with Crippen LogP contribution in [-0.4, -0.2) is 61.5 Å². The Labute approximate surface area is 232 Å². The molecule has 0 aliphatic carbocycles. The molecule has 1 aliphatic heterocycles. The Morgan fingerprint density at radius 2 is 1.07 bits per heavy atom. The molecule has 8 nitrogen and oxygen atoms in total. The first-order chi connectivity index (χ1) is 19.4. The van der Waals surface area contributed by atoms with Crippen molar-refractivity contribution in [3.8, 4) is 11.5 Å². The maximum Gasteiger partial charge on any atom is 0.255 e. The van der Waals surface area contributed by atoms with Crippen LogP contribution in [0.1, 0.15) is 31.8 Å². The summed E-state index contributed by atoms with van der Waals surface area (Å²) in [6.45, 7) is 6.02. The van der Waals surface area contributed by atoms with Crippen LogP contribution < -0.4 is 10.6 Å². The first-order valence-electron chi connectivity index (χ1n) is 13.3. The largest absolute Gasteiger partial charge is 0.507 e. The van der Waals surface area contributed by atoms with E-state index in [0.29, 0.717) is 29.9 Å². The smallest absolute Gasteiger partial charge is 0.255 e. The SMILES string of the molecule is C=C1Cc2c(O)c(cc3ccccc23)C(=O)NCCOCCOCCNC(=O)c2cc3ccccc3c(c2O)C1. The Morgan fingerprint density at radius 3 is 1.52 bits per heavy atom. The average molecular weight is 541 g/mol. The summed E-state index contributed by atoms with van der Waals surface area (Å²) in [4.78, 5) is 26.1. The van der Waals surface area contributed by atoms with E-state index in [1.54, 1.807) is 12.1 Å². The van der Waals surface area contributed by atoms with Gasteiger partial charge in [0.1, 0.15) is 11.5 Å². The molecule has 2 amide bonds. The van der Waals surface area contributed by atoms with Gasteiger partial charge in [0.15, 0.2) is 0 Å². The van der Waals surface area contributed by atoms with Gasteiger partial charge in [-0.15, -0.1) is 0 Å². The van der Waals surface area contributed by atoms with Gasteiger partial charge in [0, 0.05) is 24.2 Å². The van der Waals surface area contributed by atoms with Gasteiger partial charge in [-0.1, -0.05) is 60.7 Å². The predicted octanol–water partition coefficient (Wildman–Crippen LogP) is 4.25. The number of carbonyl (C=O) groups is 2. The number of fused-ring (bicyclic) bond motifs is 8. The highest BCUT2D eigenvalue weighted by Gasteiger charge is 2.21. The summed E-state index contributed by atoms with van der Waals surface area (Å²) < 4.78 is 11.0. The van der Waals surface area contributed by atoms with Gasteiger partial charge >= 0.3 is 0 Å². The molecule has 4 N–H and O–H groups in total. The van der Waals surface area contributed by atoms with Crippen LogP contribution in [0.2, 0.25) is 0 Å². The average Bonchev–Trinajstić information content (AvgIpc) is 2.96. The summed E-state index contributed by atoms with van der Waals surface area (Å²) in [5.41, 5.74) is 2.18. The molecule has 4 aromatic carbocycles. The summed E-state index contributed by atoms with van der Waals surface area (Å²) in [6, 6.07) is 18.4. The second kappa shape index (κ2) is 12.2. The van der Waals surface area contributed by atoms with Gasteiger partial charge in [-0.25, -0.2) is 0 Å². The molecule has 0 fully saturated rings. The number of carbonyl (C=O) groups excluding carboxylic acids is 2. The molecule has 0 spiro atoms. The number of nitrogens with one attached hydrogen (secondary N) is 2. The van der Waals surface area contributed by atoms with Gasteiger partial charge < -0.3 is 30.3 Å². The second-order valence-electron chi connectivity index (χ2n) is 9.78. The van der Waals surface area contributed by atoms with Crippen molar-refractivity contribution in [2.24, 2.45) is 0 Å². The molecular formula is C32H32N2O6. The zero-order valence-corrected chi connectivity index (χ0v) is 22.2. The number of hydrogen-bond donors (Lipinski definition) is 4. The van der Waals surface area contributed by atoms with Gasteiger partial charge in [-0.05, 0) is 46.5 Å². The third-order valence-electron chi connectivity index (χ3n) is 7.03. The molecular weight excluding hydrogens is 508 g/mol. The van der Waals surface area contributed by atoms with Crippen LogP contribution in [0, 0.1) is 0 Å². The lowest BCUT2D eigenvalue weighted by molar-refractivity contribution is 0.0486. The first kappa shape index (κ1) is 27.2. The molecule has 206 valence electrons. The van der Waals surface area contributed by atoms with Crippen LogP contribution >= 0.6 is 0 Å². The van der Waals surface area contributed by atoms with Crippen molar-refractivity contribution >= 4 is 33.4 Å². The van der Waals surface area contributed by atoms with E-state index in [1.807, 2.05) is 48.5 Å². The number of rotatable bonds is 0. The maximum atomic E-state index is 13.0. The summed E-state index contributed by atoms with van der Waals surface area (Å²) in [5, 5.41) is 31.4. The molecule has 0 saturated heterocycles. The Balaban J connectivity index is 1.56. The van der Waals surface area contributed by atoms with Gasteiger partial charge in [-0.2, -0.15) is 0 Å². The Kier molecular flexibility index (Phi) is 8.28. The Morgan fingerprint density at radius 1 is 0.650 bits per heavy atom. The zero-order chi connectivity index (χ0) is 28.1. The summed E-state index contributed by atoms with van der Waals surface area (Å²) in [5.74, 6) is -1.02. The maximum absolute atomic E-state index is 13.0. The number of phenolic OH excluding ortho intramolecular Hbond substituents is 2. The number of benzene rings is 4. The molecule has 4 bridgehead atoms. The number of phenols is 2. The lowest BCUT2D eigenvalue weighted by Crippen LogP contribution is -2.28. The topological polar surface area (TPSA) is 117 Å². The van der Waals surface area contributed by atoms with E-state index in [1.165, 1.54) is 0 Å². The zero-order valence-electron chi connectivity index (χ0n) is 22.2. The molecule has 0 unspecified atom stereocenters. The van der Waals surface area contributed by atoms with Gasteiger partial charge in [0.05, 0.1) is 37.6 Å². The lowest BCUT2D eigenvalue weighted by Gasteiger charge is -2.17. The van der Waals surface area contributed by atoms with Crippen LogP contribution in [0.4, 0.5) is 0 Å². The lowest BCUT2D eigenvalue weighted by atomic mass is 9.90. The minimum absolute atomic E-state index is 0.111. The normalized spacial score (nSPS) is 16.2. The molecule has 1 aliphatic rings. The number of hydrogen-bond acceptors (Lipinski definition) is 6. The quantitative estimate of drug-likeness (QED) is 0.248. The van der Waals surface area contributed by atoms with Crippen molar-refractivity contribution < 1.29 is 29.3 Å². The van der Waals surface area contributed by atoms with Crippen molar-refractivity contribution in [2.75, 3.05) is 39.5 Å². The van der Waals surface area contributed by atoms with Crippen molar-refractivity contribution in [2.45, 2.75) is 12.8 Å². The third kappa shape index (κ3) is 5.78. The highest BCUT2D eigenvalue weighted by Crippen LogP contribution is 2.36. The van der Waals surface area contributed by atoms with Crippen LogP contribution in [0.3, 0.4) is 0 Å². The molecule has 5 rings (SSSR count). The van der Waals surface area contributed by atoms with E-state index in [2.05, 4.69) is 17.2 Å². The molecule has 1 heterocycles. The van der Waals surface area contributed by atoms with E-state index < -0.39 is 11.8 Å². The van der Waals surface area contributed by atoms with E-state index in [9.17, 15) is 19.8 Å². The number of aromatic hydroxyl groups is 2. The third-order valence-corrected chi connectivity index (χ3v) is 7.03. The van der Waals surface area contributed by atoms with Crippen molar-refractivity contribution in [1.29, 1.82) is 0 Å². The van der Waals surface area contributed by atoms with E-state index >= 15 is 0 Å². The summed E-state index contributed by atoms with van der Waals surface area (Å²) >= 11 is 0. The van der Waals surface area contributed by atoms with E-state index in [-0.39, 0.29) is 61.8 Å². The summed E-state index contributed by atoms with van der Waals surface area (Å²) in [6.07, 6.45) is 0.524. The number of amides is 2. The molecule has 8 heteroatoms. The number of allylic oxidation sites excluding steroid dienone is 1. The molecule has 4 aromatic rings. The fourth-order valence-electron chi connectivity index (χ4n) is 5.08. The first-order valence-corrected chi connectivity index (χ1v) is 13.3. The predicted molar refractivity (Wildman–Crippen MR) is 154 cm³/mol. The van der Waals surface area contributed by atoms with Crippen LogP contribution in [0.15, 0.2) is 72.8 Å². The van der Waals surface area contributed by atoms with E-state index in [4.69, 9.17) is 9.47 Å². The molecule has 0 saturated carbocycles. The van der Waals surface area contributed by atoms with Gasteiger partial charge in [0.25, 0.3) is 11.8 Å². The summed E-state index contributed by atoms with van der Waals surface area (Å²) in [7, 11) is 0. The van der Waals surface area contributed by atoms with Crippen molar-refractivity contribution in [3.63, 3.8) is 0 Å². The minimum Gasteiger partial charge on any atom is -0.507 e. The van der Waals surface area contributed by atoms with Gasteiger partial charge in [0.2, 0.25) is 0 Å². The van der Waals surface area contributed by atoms with Crippen molar-refractivity contribution in [3.05, 3.63) is 95.1 Å². The highest BCUT2D eigenvalue weighted by atomic mass is 16.5. The van der Waals surface area contributed by atoms with Gasteiger partial charge in [-0.3, -0.25) is 9.59 Å². The highest BCUT2D eigenvalue weighted by molar-refractivity contribution is 6.04. The van der Waals surface area contributed by atoms with Crippen LogP contribution in [0.25, 0.3) is 21.5 Å². The monoisotopic (exact) mass is 540 g/mol. The van der Waals surface area contributed by atoms with Crippen molar-refractivity contribution in [1.82, 2.24) is 10.6 Å². The standard InChI is InChI=1S/C32H32N2O6/c1-20-16-25-23-8-4-2-6-21(23)18-27(29(25)35)31(37)33-10-12-39-14-15-40-13-11-34-32(38)28-19-22-7-3-5-9-24(22)26(17-20)30(28)36/h2-9,18-19,35-36H,1,10-17H2,(H,33,37)(H,34,38). The molecule has 0 atom stereocenters. The fourth-order valence-corrected chi connectivity index (χ4v) is 5.08. The molecule has 40 heavy (non-hydrogen) atoms. The van der Waals surface area contributed by atoms with E-state index in [0.717, 1.165) is 21.5 Å². The molecule has 0 radical (unpaired) electrons. The van der Waals surface area contributed by atoms with Crippen LogP contribution in [-0.2, 0) is 22.3 Å². The Hall–Kier alpha value is -4.40. The molecule has 0 aromatic heterocycles. The second-order valence-corrected chi connectivity index (χ2v) is 9.78. The Bertz CT molecular complexity index is 1480. The minimum atomic E-state index is -0.401. The fraction of sp³-hybridized carbons (Fsp3) is 0.250. The van der Waals surface area contributed by atoms with Crippen LogP contribution in [0.5, 0.6) is 11.5 Å². The number of ether oxygens (including phenoxy) is 2.